The van der Waals surface area contributed by atoms with E-state index in [9.17, 15) is 8.42 Å². The first-order valence-electron chi connectivity index (χ1n) is 15.9. The molecular weight excluding hydrogens is 673 g/mol. The van der Waals surface area contributed by atoms with Crippen LogP contribution in [0.15, 0.2) is 102 Å². The first-order valence-corrected chi connectivity index (χ1v) is 17.4. The molecule has 15 heteroatoms. The SMILES string of the molecule is COc1ccccc1Oc1c(NS(=O)(=O)c2ccc(C(C)(C)C)cc2)nc(-c2ccnc(-c3nnn[nH]3)c2)nc1OCCOCc1ccccc1. The predicted molar refractivity (Wildman–Crippen MR) is 189 cm³/mol. The first-order chi connectivity index (χ1) is 24.6. The van der Waals surface area contributed by atoms with Crippen molar-refractivity contribution in [2.45, 2.75) is 37.7 Å². The molecule has 0 unspecified atom stereocenters. The molecule has 0 aliphatic rings. The second-order valence-electron chi connectivity index (χ2n) is 12.2. The molecule has 3 aromatic heterocycles. The van der Waals surface area contributed by atoms with Gasteiger partial charge in [0.2, 0.25) is 5.75 Å². The summed E-state index contributed by atoms with van der Waals surface area (Å²) >= 11 is 0. The van der Waals surface area contributed by atoms with E-state index in [0.29, 0.717) is 29.4 Å². The topological polar surface area (TPSA) is 176 Å². The molecular formula is C36H36N8O6S. The zero-order valence-electron chi connectivity index (χ0n) is 28.4. The molecule has 262 valence electrons. The second kappa shape index (κ2) is 15.3. The van der Waals surface area contributed by atoms with E-state index in [2.05, 4.69) is 56.1 Å². The number of rotatable bonds is 14. The molecule has 51 heavy (non-hydrogen) atoms. The number of hydrogen-bond acceptors (Lipinski definition) is 12. The number of H-pyrrole nitrogens is 1. The van der Waals surface area contributed by atoms with Gasteiger partial charge in [0.15, 0.2) is 29.0 Å². The number of ether oxygens (including phenoxy) is 4. The number of methoxy groups -OCH3 is 1. The molecule has 0 amide bonds. The summed E-state index contributed by atoms with van der Waals surface area (Å²) in [5, 5.41) is 13.9. The van der Waals surface area contributed by atoms with Gasteiger partial charge in [-0.25, -0.2) is 18.5 Å². The Balaban J connectivity index is 1.42. The van der Waals surface area contributed by atoms with E-state index in [1.54, 1.807) is 60.7 Å². The first kappa shape index (κ1) is 34.9. The number of sulfonamides is 1. The number of aromatic nitrogens is 7. The minimum absolute atomic E-state index is 0.0275. The lowest BCUT2D eigenvalue weighted by Gasteiger charge is -2.20. The van der Waals surface area contributed by atoms with E-state index in [1.807, 2.05) is 30.3 Å². The van der Waals surface area contributed by atoms with Crippen molar-refractivity contribution >= 4 is 15.8 Å². The lowest BCUT2D eigenvalue weighted by Crippen LogP contribution is -2.17. The molecule has 6 aromatic rings. The molecule has 6 rings (SSSR count). The normalized spacial score (nSPS) is 11.6. The number of tetrazole rings is 1. The average molecular weight is 709 g/mol. The van der Waals surface area contributed by atoms with Gasteiger partial charge in [0, 0.05) is 11.8 Å². The summed E-state index contributed by atoms with van der Waals surface area (Å²) in [5.41, 5.74) is 2.69. The van der Waals surface area contributed by atoms with E-state index in [1.165, 1.54) is 13.3 Å². The number of anilines is 1. The van der Waals surface area contributed by atoms with Gasteiger partial charge in [0.1, 0.15) is 12.3 Å². The fourth-order valence-corrected chi connectivity index (χ4v) is 5.88. The van der Waals surface area contributed by atoms with Crippen molar-refractivity contribution in [2.75, 3.05) is 25.0 Å². The zero-order chi connectivity index (χ0) is 35.8. The Morgan fingerprint density at radius 3 is 2.31 bits per heavy atom. The van der Waals surface area contributed by atoms with Crippen molar-refractivity contribution in [3.63, 3.8) is 0 Å². The van der Waals surface area contributed by atoms with Gasteiger partial charge in [0.05, 0.1) is 25.2 Å². The Morgan fingerprint density at radius 1 is 0.863 bits per heavy atom. The fraction of sp³-hybridized carbons (Fsp3) is 0.222. The maximum atomic E-state index is 13.9. The van der Waals surface area contributed by atoms with E-state index < -0.39 is 10.0 Å². The Hall–Kier alpha value is -5.93. The van der Waals surface area contributed by atoms with Crippen LogP contribution in [0.5, 0.6) is 23.1 Å². The van der Waals surface area contributed by atoms with E-state index in [-0.39, 0.29) is 52.5 Å². The third-order valence-corrected chi connectivity index (χ3v) is 8.92. The van der Waals surface area contributed by atoms with Crippen LogP contribution in [0.4, 0.5) is 5.82 Å². The van der Waals surface area contributed by atoms with Gasteiger partial charge in [-0.05, 0) is 63.4 Å². The molecule has 0 spiro atoms. The lowest BCUT2D eigenvalue weighted by atomic mass is 9.87. The van der Waals surface area contributed by atoms with Gasteiger partial charge in [0.25, 0.3) is 15.9 Å². The molecule has 3 aromatic carbocycles. The van der Waals surface area contributed by atoms with Gasteiger partial charge < -0.3 is 18.9 Å². The summed E-state index contributed by atoms with van der Waals surface area (Å²) in [4.78, 5) is 13.7. The van der Waals surface area contributed by atoms with Gasteiger partial charge in [-0.2, -0.15) is 4.98 Å². The summed E-state index contributed by atoms with van der Waals surface area (Å²) in [6.07, 6.45) is 1.54. The van der Waals surface area contributed by atoms with Gasteiger partial charge >= 0.3 is 0 Å². The number of nitrogens with zero attached hydrogens (tertiary/aromatic N) is 6. The average Bonchev–Trinajstić information content (AvgIpc) is 3.68. The van der Waals surface area contributed by atoms with Crippen molar-refractivity contribution in [1.82, 2.24) is 35.6 Å². The summed E-state index contributed by atoms with van der Waals surface area (Å²) in [6.45, 7) is 6.78. The Labute approximate surface area is 295 Å². The van der Waals surface area contributed by atoms with Crippen LogP contribution in [0, 0.1) is 0 Å². The van der Waals surface area contributed by atoms with E-state index >= 15 is 0 Å². The van der Waals surface area contributed by atoms with Crippen LogP contribution in [-0.2, 0) is 26.8 Å². The third-order valence-electron chi connectivity index (χ3n) is 7.56. The molecule has 0 aliphatic carbocycles. The zero-order valence-corrected chi connectivity index (χ0v) is 29.2. The van der Waals surface area contributed by atoms with E-state index in [4.69, 9.17) is 23.9 Å². The largest absolute Gasteiger partial charge is 0.493 e. The van der Waals surface area contributed by atoms with Crippen molar-refractivity contribution in [3.05, 3.63) is 108 Å². The van der Waals surface area contributed by atoms with Crippen molar-refractivity contribution in [2.24, 2.45) is 0 Å². The highest BCUT2D eigenvalue weighted by Gasteiger charge is 2.26. The second-order valence-corrected chi connectivity index (χ2v) is 13.9. The number of benzene rings is 3. The molecule has 2 N–H and O–H groups in total. The minimum Gasteiger partial charge on any atom is -0.493 e. The maximum absolute atomic E-state index is 13.9. The van der Waals surface area contributed by atoms with Crippen molar-refractivity contribution in [3.8, 4) is 46.0 Å². The molecule has 0 radical (unpaired) electrons. The number of hydrogen-bond donors (Lipinski definition) is 2. The predicted octanol–water partition coefficient (Wildman–Crippen LogP) is 6.21. The van der Waals surface area contributed by atoms with Crippen LogP contribution in [0.2, 0.25) is 0 Å². The summed E-state index contributed by atoms with van der Waals surface area (Å²) in [7, 11) is -2.70. The molecule has 0 atom stereocenters. The summed E-state index contributed by atoms with van der Waals surface area (Å²) < 4.78 is 54.4. The monoisotopic (exact) mass is 708 g/mol. The van der Waals surface area contributed by atoms with Crippen molar-refractivity contribution < 1.29 is 27.4 Å². The van der Waals surface area contributed by atoms with Crippen LogP contribution in [0.3, 0.4) is 0 Å². The number of pyridine rings is 1. The molecule has 0 fully saturated rings. The Bertz CT molecular complexity index is 2180. The molecule has 0 bridgehead atoms. The van der Waals surface area contributed by atoms with Gasteiger partial charge in [-0.3, -0.25) is 9.71 Å². The standard InChI is InChI=1S/C36H36N8O6S/c1-36(2,3)26-14-16-27(17-15-26)51(45,46)42-34-31(50-30-13-9-8-12-29(30)47-4)35(49-21-20-48-23-24-10-6-5-7-11-24)39-32(38-34)25-18-19-37-28(22-25)33-40-43-44-41-33/h5-19,22H,20-21,23H2,1-4H3,(H,38,39,42)(H,40,41,43,44). The number of aromatic amines is 1. The Kier molecular flexibility index (Phi) is 10.5. The molecule has 14 nitrogen and oxygen atoms in total. The Morgan fingerprint density at radius 2 is 1.61 bits per heavy atom. The van der Waals surface area contributed by atoms with Crippen molar-refractivity contribution in [1.29, 1.82) is 0 Å². The van der Waals surface area contributed by atoms with Gasteiger partial charge in [-0.1, -0.05) is 75.4 Å². The van der Waals surface area contributed by atoms with Crippen LogP contribution < -0.4 is 18.9 Å². The summed E-state index contributed by atoms with van der Waals surface area (Å²) in [6, 6.07) is 26.6. The van der Waals surface area contributed by atoms with Crippen LogP contribution in [0.1, 0.15) is 31.9 Å². The molecule has 3 heterocycles. The quantitative estimate of drug-likeness (QED) is 0.123. The molecule has 0 saturated carbocycles. The van der Waals surface area contributed by atoms with Crippen LogP contribution in [0.25, 0.3) is 22.9 Å². The van der Waals surface area contributed by atoms with E-state index in [0.717, 1.165) is 11.1 Å². The lowest BCUT2D eigenvalue weighted by molar-refractivity contribution is 0.0866. The molecule has 0 aliphatic heterocycles. The number of para-hydroxylation sites is 2. The fourth-order valence-electron chi connectivity index (χ4n) is 4.88. The minimum atomic E-state index is -4.20. The van der Waals surface area contributed by atoms with Gasteiger partial charge in [-0.15, -0.1) is 5.10 Å². The highest BCUT2D eigenvalue weighted by molar-refractivity contribution is 7.92. The molecule has 0 saturated heterocycles. The van der Waals surface area contributed by atoms with Crippen LogP contribution in [-0.4, -0.2) is 64.3 Å². The summed E-state index contributed by atoms with van der Waals surface area (Å²) in [5.74, 6) is 0.791. The highest BCUT2D eigenvalue weighted by atomic mass is 32.2. The highest BCUT2D eigenvalue weighted by Crippen LogP contribution is 2.42. The maximum Gasteiger partial charge on any atom is 0.263 e. The third kappa shape index (κ3) is 8.63. The smallest absolute Gasteiger partial charge is 0.263 e. The van der Waals surface area contributed by atoms with Crippen LogP contribution >= 0.6 is 0 Å². The number of nitrogens with one attached hydrogen (secondary N) is 2.